The second-order valence-corrected chi connectivity index (χ2v) is 8.55. The molecule has 1 aromatic carbocycles. The molecule has 1 aromatic rings. The fourth-order valence-corrected chi connectivity index (χ4v) is 4.88. The molecule has 2 unspecified atom stereocenters. The Balaban J connectivity index is 1.54. The molecule has 3 heterocycles. The zero-order valence-corrected chi connectivity index (χ0v) is 16.3. The Bertz CT molecular complexity index is 758. The van der Waals surface area contributed by atoms with Crippen LogP contribution in [0.3, 0.4) is 0 Å². The van der Waals surface area contributed by atoms with Crippen molar-refractivity contribution < 1.29 is 14.6 Å². The topological polar surface area (TPSA) is 65.4 Å². The number of rotatable bonds is 4. The van der Waals surface area contributed by atoms with E-state index in [-0.39, 0.29) is 0 Å². The van der Waals surface area contributed by atoms with Crippen LogP contribution in [0, 0.1) is 5.92 Å². The molecule has 7 heteroatoms. The first-order valence-corrected chi connectivity index (χ1v) is 10.3. The van der Waals surface area contributed by atoms with Gasteiger partial charge in [-0.05, 0) is 43.0 Å². The number of carboxylic acids is 1. The molecule has 0 amide bonds. The van der Waals surface area contributed by atoms with Gasteiger partial charge in [0.25, 0.3) is 0 Å². The summed E-state index contributed by atoms with van der Waals surface area (Å²) in [6.45, 7) is 6.24. The molecular weight excluding hydrogens is 362 g/mol. The molecule has 27 heavy (non-hydrogen) atoms. The molecule has 6 nitrogen and oxygen atoms in total. The number of hydrogen-bond acceptors (Lipinski definition) is 5. The van der Waals surface area contributed by atoms with E-state index in [9.17, 15) is 9.90 Å². The van der Waals surface area contributed by atoms with E-state index in [1.807, 2.05) is 12.3 Å². The molecular formula is C20H25N3O3S. The van der Waals surface area contributed by atoms with Crippen molar-refractivity contribution in [2.24, 2.45) is 10.9 Å². The Labute approximate surface area is 163 Å². The minimum Gasteiger partial charge on any atom is -0.481 e. The van der Waals surface area contributed by atoms with Gasteiger partial charge in [0, 0.05) is 37.4 Å². The fourth-order valence-electron chi connectivity index (χ4n) is 3.89. The van der Waals surface area contributed by atoms with E-state index < -0.39 is 16.8 Å². The number of thioether (sulfide) groups is 1. The molecule has 0 saturated carbocycles. The van der Waals surface area contributed by atoms with E-state index in [2.05, 4.69) is 34.1 Å². The van der Waals surface area contributed by atoms with E-state index in [0.29, 0.717) is 0 Å². The first kappa shape index (κ1) is 18.4. The third-order valence-electron chi connectivity index (χ3n) is 5.40. The van der Waals surface area contributed by atoms with Gasteiger partial charge in [0.05, 0.1) is 13.2 Å². The molecule has 144 valence electrons. The van der Waals surface area contributed by atoms with E-state index in [1.54, 1.807) is 6.08 Å². The van der Waals surface area contributed by atoms with Gasteiger partial charge in [0.2, 0.25) is 0 Å². The lowest BCUT2D eigenvalue weighted by Crippen LogP contribution is -2.36. The van der Waals surface area contributed by atoms with Gasteiger partial charge in [-0.25, -0.2) is 0 Å². The van der Waals surface area contributed by atoms with Gasteiger partial charge in [-0.3, -0.25) is 9.79 Å². The quantitative estimate of drug-likeness (QED) is 0.856. The van der Waals surface area contributed by atoms with Gasteiger partial charge in [-0.1, -0.05) is 6.08 Å². The second kappa shape index (κ2) is 7.56. The summed E-state index contributed by atoms with van der Waals surface area (Å²) in [7, 11) is 0. The predicted octanol–water partition coefficient (Wildman–Crippen LogP) is 3.20. The summed E-state index contributed by atoms with van der Waals surface area (Å²) in [4.78, 5) is 20.4. The van der Waals surface area contributed by atoms with Crippen molar-refractivity contribution in [1.82, 2.24) is 0 Å². The van der Waals surface area contributed by atoms with Crippen LogP contribution in [0.1, 0.15) is 19.8 Å². The van der Waals surface area contributed by atoms with Crippen LogP contribution < -0.4 is 9.80 Å². The van der Waals surface area contributed by atoms with Gasteiger partial charge in [-0.2, -0.15) is 0 Å². The Morgan fingerprint density at radius 2 is 1.93 bits per heavy atom. The van der Waals surface area contributed by atoms with Crippen LogP contribution in [0.15, 0.2) is 40.7 Å². The zero-order chi connectivity index (χ0) is 18.9. The highest BCUT2D eigenvalue weighted by atomic mass is 32.2. The van der Waals surface area contributed by atoms with Crippen LogP contribution in [0.5, 0.6) is 0 Å². The number of benzene rings is 1. The smallest absolute Gasteiger partial charge is 0.313 e. The Hall–Kier alpha value is -1.99. The molecule has 2 atom stereocenters. The summed E-state index contributed by atoms with van der Waals surface area (Å²) in [5, 5.41) is 11.4. The number of carboxylic acid groups (broad SMARTS) is 1. The number of anilines is 2. The maximum Gasteiger partial charge on any atom is 0.313 e. The molecule has 0 aliphatic carbocycles. The summed E-state index contributed by atoms with van der Waals surface area (Å²) < 4.78 is 5.42. The van der Waals surface area contributed by atoms with Crippen molar-refractivity contribution >= 4 is 34.9 Å². The molecule has 2 fully saturated rings. The summed E-state index contributed by atoms with van der Waals surface area (Å²) in [6, 6.07) is 8.60. The molecule has 1 N–H and O–H groups in total. The Morgan fingerprint density at radius 1 is 1.22 bits per heavy atom. The third-order valence-corrected chi connectivity index (χ3v) is 6.52. The monoisotopic (exact) mass is 387 g/mol. The number of nitrogens with zero attached hydrogens (tertiary/aromatic N) is 3. The minimum atomic E-state index is -0.817. The molecule has 0 radical (unpaired) electrons. The Morgan fingerprint density at radius 3 is 2.63 bits per heavy atom. The molecule has 3 aliphatic heterocycles. The first-order valence-electron chi connectivity index (χ1n) is 9.43. The van der Waals surface area contributed by atoms with Crippen LogP contribution in [0.2, 0.25) is 0 Å². The maximum absolute atomic E-state index is 11.6. The number of carbonyl (C=O) groups is 1. The highest BCUT2D eigenvalue weighted by Gasteiger charge is 2.42. The number of morpholine rings is 1. The van der Waals surface area contributed by atoms with Gasteiger partial charge in [0.1, 0.15) is 16.6 Å². The molecule has 2 saturated heterocycles. The summed E-state index contributed by atoms with van der Waals surface area (Å²) >= 11 is 1.49. The SMILES string of the molecule is CC1(N=C2CCCN2c2ccc(N3CCOCC3)cc2)SC=CC1C(=O)O. The second-order valence-electron chi connectivity index (χ2n) is 7.22. The van der Waals surface area contributed by atoms with Crippen molar-refractivity contribution in [3.63, 3.8) is 0 Å². The van der Waals surface area contributed by atoms with Gasteiger partial charge in [-0.15, -0.1) is 11.8 Å². The molecule has 4 rings (SSSR count). The van der Waals surface area contributed by atoms with E-state index in [4.69, 9.17) is 9.73 Å². The van der Waals surface area contributed by atoms with E-state index in [0.717, 1.165) is 57.2 Å². The summed E-state index contributed by atoms with van der Waals surface area (Å²) in [5.74, 6) is -0.414. The number of aliphatic carboxylic acids is 1. The molecule has 0 bridgehead atoms. The number of amidine groups is 1. The van der Waals surface area contributed by atoms with Crippen molar-refractivity contribution in [2.75, 3.05) is 42.6 Å². The molecule has 0 aromatic heterocycles. The van der Waals surface area contributed by atoms with Crippen LogP contribution in [-0.4, -0.2) is 54.6 Å². The van der Waals surface area contributed by atoms with Crippen LogP contribution >= 0.6 is 11.8 Å². The van der Waals surface area contributed by atoms with Crippen LogP contribution in [-0.2, 0) is 9.53 Å². The van der Waals surface area contributed by atoms with Crippen molar-refractivity contribution in [3.05, 3.63) is 35.7 Å². The lowest BCUT2D eigenvalue weighted by molar-refractivity contribution is -0.140. The van der Waals surface area contributed by atoms with Gasteiger partial charge >= 0.3 is 5.97 Å². The number of ether oxygens (including phenoxy) is 1. The minimum absolute atomic E-state index is 0.582. The van der Waals surface area contributed by atoms with Crippen LogP contribution in [0.25, 0.3) is 0 Å². The lowest BCUT2D eigenvalue weighted by atomic mass is 10.0. The summed E-state index contributed by atoms with van der Waals surface area (Å²) in [5.41, 5.74) is 2.34. The highest BCUT2D eigenvalue weighted by Crippen LogP contribution is 2.43. The van der Waals surface area contributed by atoms with Gasteiger partial charge < -0.3 is 19.6 Å². The van der Waals surface area contributed by atoms with E-state index >= 15 is 0 Å². The fraction of sp³-hybridized carbons (Fsp3) is 0.500. The van der Waals surface area contributed by atoms with Crippen LogP contribution in [0.4, 0.5) is 11.4 Å². The predicted molar refractivity (Wildman–Crippen MR) is 110 cm³/mol. The standard InChI is InChI=1S/C20H25N3O3S/c1-20(17(19(24)25)8-14-27-20)21-18-3-2-9-23(18)16-6-4-15(5-7-16)22-10-12-26-13-11-22/h4-8,14,17H,2-3,9-13H2,1H3,(H,24,25). The number of aliphatic imine (C=N–C) groups is 1. The highest BCUT2D eigenvalue weighted by molar-refractivity contribution is 8.03. The zero-order valence-electron chi connectivity index (χ0n) is 15.5. The average molecular weight is 388 g/mol. The Kier molecular flexibility index (Phi) is 5.14. The third kappa shape index (κ3) is 3.71. The number of hydrogen-bond donors (Lipinski definition) is 1. The largest absolute Gasteiger partial charge is 0.481 e. The first-order chi connectivity index (χ1) is 13.1. The van der Waals surface area contributed by atoms with Crippen molar-refractivity contribution in [1.29, 1.82) is 0 Å². The summed E-state index contributed by atoms with van der Waals surface area (Å²) in [6.07, 6.45) is 3.66. The normalized spacial score (nSPS) is 29.7. The maximum atomic E-state index is 11.6. The molecule has 3 aliphatic rings. The van der Waals surface area contributed by atoms with E-state index in [1.165, 1.54) is 17.4 Å². The average Bonchev–Trinajstić information content (AvgIpc) is 3.29. The van der Waals surface area contributed by atoms with Crippen molar-refractivity contribution in [3.8, 4) is 0 Å². The van der Waals surface area contributed by atoms with Crippen molar-refractivity contribution in [2.45, 2.75) is 24.6 Å². The van der Waals surface area contributed by atoms with Gasteiger partial charge in [0.15, 0.2) is 0 Å². The molecule has 0 spiro atoms. The lowest BCUT2D eigenvalue weighted by Gasteiger charge is -2.30.